The fourth-order valence-electron chi connectivity index (χ4n) is 3.82. The minimum Gasteiger partial charge on any atom is -0.494 e. The molecule has 0 bridgehead atoms. The second-order valence-corrected chi connectivity index (χ2v) is 8.19. The van der Waals surface area contributed by atoms with Crippen LogP contribution in [0.25, 0.3) is 0 Å². The Hall–Kier alpha value is -4.48. The maximum atomic E-state index is 11.0. The lowest BCUT2D eigenvalue weighted by Gasteiger charge is -2.26. The normalized spacial score (nSPS) is 13.4. The van der Waals surface area contributed by atoms with Gasteiger partial charge in [-0.25, -0.2) is 5.43 Å². The van der Waals surface area contributed by atoms with Gasteiger partial charge in [0.1, 0.15) is 11.5 Å². The van der Waals surface area contributed by atoms with Crippen LogP contribution in [0.1, 0.15) is 38.7 Å². The lowest BCUT2D eigenvalue weighted by molar-refractivity contribution is -0.384. The first-order valence-corrected chi connectivity index (χ1v) is 12.3. The van der Waals surface area contributed by atoms with Gasteiger partial charge in [0, 0.05) is 42.5 Å². The van der Waals surface area contributed by atoms with E-state index in [2.05, 4.69) is 35.7 Å². The zero-order chi connectivity index (χ0) is 26.0. The highest BCUT2D eigenvalue weighted by Gasteiger charge is 2.17. The summed E-state index contributed by atoms with van der Waals surface area (Å²) in [6, 6.07) is 11.6. The number of anilines is 4. The summed E-state index contributed by atoms with van der Waals surface area (Å²) < 4.78 is 11.3. The van der Waals surface area contributed by atoms with Gasteiger partial charge in [0.15, 0.2) is 0 Å². The quantitative estimate of drug-likeness (QED) is 0.212. The molecule has 0 spiro atoms. The molecule has 0 radical (unpaired) electrons. The standard InChI is InChI=1S/C25H30N8O4/c1-3-36-21-13-8-18(22(16-21)37-4-2)17-26-31-24-28-23(27-19-9-11-20(12-10-19)33(34)35)29-25(30-24)32-14-6-5-7-15-32/h8-13,16-17H,3-7,14-15H2,1-2H3,(H2,27,28,29,30,31). The zero-order valence-electron chi connectivity index (χ0n) is 20.9. The van der Waals surface area contributed by atoms with E-state index < -0.39 is 4.92 Å². The van der Waals surface area contributed by atoms with Gasteiger partial charge in [-0.3, -0.25) is 10.1 Å². The Balaban J connectivity index is 1.56. The van der Waals surface area contributed by atoms with Crippen LogP contribution < -0.4 is 25.1 Å². The van der Waals surface area contributed by atoms with E-state index in [0.717, 1.165) is 37.2 Å². The minimum absolute atomic E-state index is 0.00704. The van der Waals surface area contributed by atoms with Crippen LogP contribution in [0.3, 0.4) is 0 Å². The first-order valence-electron chi connectivity index (χ1n) is 12.3. The summed E-state index contributed by atoms with van der Waals surface area (Å²) in [5, 5.41) is 18.4. The monoisotopic (exact) mass is 506 g/mol. The highest BCUT2D eigenvalue weighted by Crippen LogP contribution is 2.25. The molecule has 2 heterocycles. The first kappa shape index (κ1) is 25.6. The highest BCUT2D eigenvalue weighted by atomic mass is 16.6. The van der Waals surface area contributed by atoms with Gasteiger partial charge in [-0.05, 0) is 57.4 Å². The average Bonchev–Trinajstić information content (AvgIpc) is 2.91. The Bertz CT molecular complexity index is 1230. The van der Waals surface area contributed by atoms with Crippen LogP contribution in [0.5, 0.6) is 11.5 Å². The van der Waals surface area contributed by atoms with Crippen LogP contribution in [0.15, 0.2) is 47.6 Å². The molecule has 0 unspecified atom stereocenters. The van der Waals surface area contributed by atoms with Gasteiger partial charge >= 0.3 is 0 Å². The molecule has 194 valence electrons. The number of nitrogens with zero attached hydrogens (tertiary/aromatic N) is 6. The van der Waals surface area contributed by atoms with Gasteiger partial charge in [0.25, 0.3) is 5.69 Å². The molecular formula is C25H30N8O4. The van der Waals surface area contributed by atoms with E-state index in [4.69, 9.17) is 9.47 Å². The number of hydrogen-bond donors (Lipinski definition) is 2. The Labute approximate surface area is 214 Å². The molecule has 1 aromatic heterocycles. The van der Waals surface area contributed by atoms with Gasteiger partial charge in [-0.2, -0.15) is 20.1 Å². The summed E-state index contributed by atoms with van der Waals surface area (Å²) >= 11 is 0. The van der Waals surface area contributed by atoms with Crippen molar-refractivity contribution in [1.29, 1.82) is 0 Å². The zero-order valence-corrected chi connectivity index (χ0v) is 20.9. The molecule has 0 aliphatic carbocycles. The second-order valence-electron chi connectivity index (χ2n) is 8.19. The highest BCUT2D eigenvalue weighted by molar-refractivity contribution is 5.84. The van der Waals surface area contributed by atoms with Crippen molar-refractivity contribution in [2.75, 3.05) is 41.9 Å². The number of nitrogens with one attached hydrogen (secondary N) is 2. The van der Waals surface area contributed by atoms with Crippen molar-refractivity contribution < 1.29 is 14.4 Å². The topological polar surface area (TPSA) is 140 Å². The Morgan fingerprint density at radius 3 is 2.43 bits per heavy atom. The number of nitro benzene ring substituents is 1. The summed E-state index contributed by atoms with van der Waals surface area (Å²) in [5.74, 6) is 2.48. The maximum Gasteiger partial charge on any atom is 0.269 e. The van der Waals surface area contributed by atoms with Crippen LogP contribution >= 0.6 is 0 Å². The van der Waals surface area contributed by atoms with Gasteiger partial charge < -0.3 is 19.7 Å². The molecule has 1 aliphatic rings. The fourth-order valence-corrected chi connectivity index (χ4v) is 3.82. The smallest absolute Gasteiger partial charge is 0.269 e. The molecule has 2 aromatic carbocycles. The number of benzene rings is 2. The van der Waals surface area contributed by atoms with Crippen LogP contribution in [-0.4, -0.2) is 52.4 Å². The molecule has 1 aliphatic heterocycles. The van der Waals surface area contributed by atoms with E-state index in [1.54, 1.807) is 18.3 Å². The van der Waals surface area contributed by atoms with Crippen molar-refractivity contribution >= 4 is 35.4 Å². The molecule has 37 heavy (non-hydrogen) atoms. The van der Waals surface area contributed by atoms with Crippen LogP contribution in [-0.2, 0) is 0 Å². The maximum absolute atomic E-state index is 11.0. The lowest BCUT2D eigenvalue weighted by atomic mass is 10.1. The Morgan fingerprint density at radius 2 is 1.73 bits per heavy atom. The lowest BCUT2D eigenvalue weighted by Crippen LogP contribution is -2.31. The van der Waals surface area contributed by atoms with Crippen LogP contribution in [0.2, 0.25) is 0 Å². The van der Waals surface area contributed by atoms with Crippen molar-refractivity contribution in [1.82, 2.24) is 15.0 Å². The van der Waals surface area contributed by atoms with Crippen molar-refractivity contribution in [3.8, 4) is 11.5 Å². The summed E-state index contributed by atoms with van der Waals surface area (Å²) in [7, 11) is 0. The molecule has 12 heteroatoms. The van der Waals surface area contributed by atoms with Crippen LogP contribution in [0.4, 0.5) is 29.2 Å². The van der Waals surface area contributed by atoms with E-state index in [-0.39, 0.29) is 11.6 Å². The molecule has 0 saturated carbocycles. The molecule has 4 rings (SSSR count). The molecule has 1 fully saturated rings. The first-order chi connectivity index (χ1) is 18.1. The third-order valence-electron chi connectivity index (χ3n) is 5.56. The Morgan fingerprint density at radius 1 is 1.00 bits per heavy atom. The molecule has 2 N–H and O–H groups in total. The number of nitro groups is 1. The van der Waals surface area contributed by atoms with Crippen molar-refractivity contribution in [3.63, 3.8) is 0 Å². The third-order valence-corrected chi connectivity index (χ3v) is 5.56. The van der Waals surface area contributed by atoms with E-state index in [1.807, 2.05) is 32.0 Å². The number of hydrazone groups is 1. The molecule has 12 nitrogen and oxygen atoms in total. The largest absolute Gasteiger partial charge is 0.494 e. The van der Waals surface area contributed by atoms with E-state index >= 15 is 0 Å². The number of non-ortho nitro benzene ring substituents is 1. The van der Waals surface area contributed by atoms with E-state index in [0.29, 0.717) is 36.5 Å². The summed E-state index contributed by atoms with van der Waals surface area (Å²) in [5.41, 5.74) is 4.29. The van der Waals surface area contributed by atoms with Crippen molar-refractivity contribution in [2.24, 2.45) is 5.10 Å². The predicted octanol–water partition coefficient (Wildman–Crippen LogP) is 4.76. The number of rotatable bonds is 11. The van der Waals surface area contributed by atoms with Gasteiger partial charge in [0.05, 0.1) is 24.4 Å². The minimum atomic E-state index is -0.442. The van der Waals surface area contributed by atoms with Gasteiger partial charge in [-0.1, -0.05) is 0 Å². The molecular weight excluding hydrogens is 476 g/mol. The number of piperidine rings is 1. The van der Waals surface area contributed by atoms with Crippen molar-refractivity contribution in [3.05, 3.63) is 58.1 Å². The third kappa shape index (κ3) is 7.03. The predicted molar refractivity (Wildman–Crippen MR) is 142 cm³/mol. The number of ether oxygens (including phenoxy) is 2. The molecule has 1 saturated heterocycles. The summed E-state index contributed by atoms with van der Waals surface area (Å²) in [6.45, 7) is 6.63. The number of hydrogen-bond acceptors (Lipinski definition) is 11. The van der Waals surface area contributed by atoms with Crippen molar-refractivity contribution in [2.45, 2.75) is 33.1 Å². The molecule has 3 aromatic rings. The molecule has 0 atom stereocenters. The van der Waals surface area contributed by atoms with Gasteiger partial charge in [-0.15, -0.1) is 0 Å². The molecule has 0 amide bonds. The van der Waals surface area contributed by atoms with E-state index in [1.165, 1.54) is 18.6 Å². The van der Waals surface area contributed by atoms with Gasteiger partial charge in [0.2, 0.25) is 17.8 Å². The number of aromatic nitrogens is 3. The summed E-state index contributed by atoms with van der Waals surface area (Å²) in [4.78, 5) is 26.2. The summed E-state index contributed by atoms with van der Waals surface area (Å²) in [6.07, 6.45) is 4.94. The van der Waals surface area contributed by atoms with Crippen LogP contribution in [0, 0.1) is 10.1 Å². The second kappa shape index (κ2) is 12.5. The average molecular weight is 507 g/mol. The fraction of sp³-hybridized carbons (Fsp3) is 0.360. The van der Waals surface area contributed by atoms with E-state index in [9.17, 15) is 10.1 Å². The Kier molecular flexibility index (Phi) is 8.63. The SMILES string of the molecule is CCOc1ccc(C=NNc2nc(Nc3ccc([N+](=O)[O-])cc3)nc(N3CCCCC3)n2)c(OCC)c1.